The standard InChI is InChI=1S/C17H21N3/c1-13-4-5-15(12-18)17(11-13)20-10-2-3-16(20)14-6-8-19-9-7-14/h4-9,11,16H,2-3,10,12,18H2,1H3. The molecule has 2 aromatic rings. The minimum Gasteiger partial charge on any atom is -0.364 e. The van der Waals surface area contributed by atoms with Crippen molar-refractivity contribution >= 4 is 5.69 Å². The molecule has 104 valence electrons. The number of aryl methyl sites for hydroxylation is 1. The Morgan fingerprint density at radius 2 is 2.05 bits per heavy atom. The van der Waals surface area contributed by atoms with Gasteiger partial charge < -0.3 is 10.6 Å². The largest absolute Gasteiger partial charge is 0.364 e. The zero-order valence-electron chi connectivity index (χ0n) is 11.9. The van der Waals surface area contributed by atoms with Gasteiger partial charge >= 0.3 is 0 Å². The molecule has 3 heteroatoms. The van der Waals surface area contributed by atoms with Crippen LogP contribution in [0.1, 0.15) is 35.6 Å². The van der Waals surface area contributed by atoms with Crippen molar-refractivity contribution < 1.29 is 0 Å². The molecule has 1 aliphatic heterocycles. The number of aromatic nitrogens is 1. The molecule has 1 fully saturated rings. The third-order valence-corrected chi connectivity index (χ3v) is 4.11. The van der Waals surface area contributed by atoms with Crippen LogP contribution in [0.3, 0.4) is 0 Å². The number of hydrogen-bond acceptors (Lipinski definition) is 3. The third-order valence-electron chi connectivity index (χ3n) is 4.11. The predicted molar refractivity (Wildman–Crippen MR) is 82.6 cm³/mol. The number of hydrogen-bond donors (Lipinski definition) is 1. The number of nitrogens with zero attached hydrogens (tertiary/aromatic N) is 2. The van der Waals surface area contributed by atoms with Crippen LogP contribution in [0, 0.1) is 6.92 Å². The van der Waals surface area contributed by atoms with Crippen molar-refractivity contribution in [1.82, 2.24) is 4.98 Å². The quantitative estimate of drug-likeness (QED) is 0.928. The smallest absolute Gasteiger partial charge is 0.0544 e. The maximum absolute atomic E-state index is 5.92. The molecule has 0 amide bonds. The molecule has 3 rings (SSSR count). The van der Waals surface area contributed by atoms with E-state index in [1.165, 1.54) is 35.2 Å². The van der Waals surface area contributed by atoms with E-state index in [4.69, 9.17) is 5.73 Å². The van der Waals surface area contributed by atoms with Gasteiger partial charge in [-0.2, -0.15) is 0 Å². The maximum atomic E-state index is 5.92. The average molecular weight is 267 g/mol. The summed E-state index contributed by atoms with van der Waals surface area (Å²) in [5, 5.41) is 0. The van der Waals surface area contributed by atoms with Gasteiger partial charge in [0, 0.05) is 31.2 Å². The van der Waals surface area contributed by atoms with Crippen LogP contribution in [-0.4, -0.2) is 11.5 Å². The molecule has 1 atom stereocenters. The molecular weight excluding hydrogens is 246 g/mol. The van der Waals surface area contributed by atoms with Gasteiger partial charge in [0.05, 0.1) is 6.04 Å². The van der Waals surface area contributed by atoms with Crippen molar-refractivity contribution in [2.45, 2.75) is 32.4 Å². The highest BCUT2D eigenvalue weighted by Crippen LogP contribution is 2.37. The van der Waals surface area contributed by atoms with E-state index in [2.05, 4.69) is 47.1 Å². The molecule has 2 N–H and O–H groups in total. The summed E-state index contributed by atoms with van der Waals surface area (Å²) in [6, 6.07) is 11.3. The van der Waals surface area contributed by atoms with Crippen molar-refractivity contribution in [2.24, 2.45) is 5.73 Å². The SMILES string of the molecule is Cc1ccc(CN)c(N2CCCC2c2ccncc2)c1. The molecule has 1 aromatic heterocycles. The Morgan fingerprint density at radius 1 is 1.25 bits per heavy atom. The zero-order chi connectivity index (χ0) is 13.9. The normalized spacial score (nSPS) is 18.5. The van der Waals surface area contributed by atoms with Crippen LogP contribution in [0.2, 0.25) is 0 Å². The minimum absolute atomic E-state index is 0.449. The topological polar surface area (TPSA) is 42.1 Å². The van der Waals surface area contributed by atoms with Crippen LogP contribution in [0.15, 0.2) is 42.7 Å². The van der Waals surface area contributed by atoms with Gasteiger partial charge in [0.15, 0.2) is 0 Å². The summed E-state index contributed by atoms with van der Waals surface area (Å²) in [4.78, 5) is 6.63. The first kappa shape index (κ1) is 13.1. The molecule has 3 nitrogen and oxygen atoms in total. The van der Waals surface area contributed by atoms with Gasteiger partial charge in [-0.1, -0.05) is 12.1 Å². The molecular formula is C17H21N3. The summed E-state index contributed by atoms with van der Waals surface area (Å²) in [5.74, 6) is 0. The number of anilines is 1. The van der Waals surface area contributed by atoms with Crippen molar-refractivity contribution in [2.75, 3.05) is 11.4 Å². The summed E-state index contributed by atoms with van der Waals surface area (Å²) >= 11 is 0. The lowest BCUT2D eigenvalue weighted by Gasteiger charge is -2.29. The van der Waals surface area contributed by atoms with E-state index in [9.17, 15) is 0 Å². The fourth-order valence-corrected chi connectivity index (χ4v) is 3.10. The first-order valence-electron chi connectivity index (χ1n) is 7.26. The van der Waals surface area contributed by atoms with Gasteiger partial charge in [-0.25, -0.2) is 0 Å². The van der Waals surface area contributed by atoms with Gasteiger partial charge in [0.1, 0.15) is 0 Å². The second kappa shape index (κ2) is 5.63. The summed E-state index contributed by atoms with van der Waals surface area (Å²) in [6.07, 6.45) is 6.19. The minimum atomic E-state index is 0.449. The molecule has 2 heterocycles. The van der Waals surface area contributed by atoms with Crippen molar-refractivity contribution in [3.05, 3.63) is 59.4 Å². The van der Waals surface area contributed by atoms with E-state index in [-0.39, 0.29) is 0 Å². The zero-order valence-corrected chi connectivity index (χ0v) is 11.9. The number of benzene rings is 1. The maximum Gasteiger partial charge on any atom is 0.0544 e. The molecule has 0 bridgehead atoms. The predicted octanol–water partition coefficient (Wildman–Crippen LogP) is 3.19. The van der Waals surface area contributed by atoms with E-state index in [1.807, 2.05) is 12.4 Å². The van der Waals surface area contributed by atoms with E-state index in [1.54, 1.807) is 0 Å². The number of pyridine rings is 1. The Kier molecular flexibility index (Phi) is 3.70. The Balaban J connectivity index is 1.99. The summed E-state index contributed by atoms with van der Waals surface area (Å²) in [5.41, 5.74) is 11.1. The highest BCUT2D eigenvalue weighted by molar-refractivity contribution is 5.57. The highest BCUT2D eigenvalue weighted by atomic mass is 15.2. The third kappa shape index (κ3) is 2.41. The van der Waals surface area contributed by atoms with Gasteiger partial charge in [-0.3, -0.25) is 4.98 Å². The summed E-state index contributed by atoms with van der Waals surface area (Å²) < 4.78 is 0. The lowest BCUT2D eigenvalue weighted by molar-refractivity contribution is 0.714. The van der Waals surface area contributed by atoms with Crippen molar-refractivity contribution in [3.63, 3.8) is 0 Å². The lowest BCUT2D eigenvalue weighted by Crippen LogP contribution is -2.24. The Labute approximate surface area is 120 Å². The van der Waals surface area contributed by atoms with Crippen molar-refractivity contribution in [1.29, 1.82) is 0 Å². The highest BCUT2D eigenvalue weighted by Gasteiger charge is 2.27. The molecule has 0 spiro atoms. The van der Waals surface area contributed by atoms with Crippen LogP contribution in [0.5, 0.6) is 0 Å². The van der Waals surface area contributed by atoms with E-state index in [0.717, 1.165) is 6.54 Å². The second-order valence-electron chi connectivity index (χ2n) is 5.47. The van der Waals surface area contributed by atoms with Crippen LogP contribution in [0.4, 0.5) is 5.69 Å². The van der Waals surface area contributed by atoms with E-state index < -0.39 is 0 Å². The lowest BCUT2D eigenvalue weighted by atomic mass is 10.0. The van der Waals surface area contributed by atoms with E-state index in [0.29, 0.717) is 12.6 Å². The fourth-order valence-electron chi connectivity index (χ4n) is 3.10. The summed E-state index contributed by atoms with van der Waals surface area (Å²) in [7, 11) is 0. The Hall–Kier alpha value is -1.87. The first-order valence-corrected chi connectivity index (χ1v) is 7.26. The Morgan fingerprint density at radius 3 is 2.80 bits per heavy atom. The van der Waals surface area contributed by atoms with Gasteiger partial charge in [0.25, 0.3) is 0 Å². The average Bonchev–Trinajstić information content (AvgIpc) is 2.97. The fraction of sp³-hybridized carbons (Fsp3) is 0.353. The van der Waals surface area contributed by atoms with Gasteiger partial charge in [0.2, 0.25) is 0 Å². The monoisotopic (exact) mass is 267 g/mol. The van der Waals surface area contributed by atoms with Crippen LogP contribution >= 0.6 is 0 Å². The van der Waals surface area contributed by atoms with E-state index >= 15 is 0 Å². The van der Waals surface area contributed by atoms with Crippen molar-refractivity contribution in [3.8, 4) is 0 Å². The molecule has 0 radical (unpaired) electrons. The van der Waals surface area contributed by atoms with Gasteiger partial charge in [-0.05, 0) is 54.7 Å². The summed E-state index contributed by atoms with van der Waals surface area (Å²) in [6.45, 7) is 3.83. The number of nitrogens with two attached hydrogens (primary N) is 1. The van der Waals surface area contributed by atoms with Crippen LogP contribution in [-0.2, 0) is 6.54 Å². The molecule has 1 aromatic carbocycles. The van der Waals surface area contributed by atoms with Crippen LogP contribution < -0.4 is 10.6 Å². The number of rotatable bonds is 3. The molecule has 0 saturated carbocycles. The molecule has 1 saturated heterocycles. The van der Waals surface area contributed by atoms with Crippen LogP contribution in [0.25, 0.3) is 0 Å². The Bertz CT molecular complexity index is 580. The molecule has 1 unspecified atom stereocenters. The first-order chi connectivity index (χ1) is 9.79. The molecule has 1 aliphatic rings. The second-order valence-corrected chi connectivity index (χ2v) is 5.47. The molecule has 20 heavy (non-hydrogen) atoms. The molecule has 0 aliphatic carbocycles. The van der Waals surface area contributed by atoms with Gasteiger partial charge in [-0.15, -0.1) is 0 Å².